The molecule has 0 amide bonds. The van der Waals surface area contributed by atoms with Crippen molar-refractivity contribution in [3.8, 4) is 0 Å². The van der Waals surface area contributed by atoms with Gasteiger partial charge in [0.1, 0.15) is 0 Å². The second-order valence-corrected chi connectivity index (χ2v) is 3.53. The van der Waals surface area contributed by atoms with Gasteiger partial charge < -0.3 is 0 Å². The van der Waals surface area contributed by atoms with Gasteiger partial charge in [0, 0.05) is 11.6 Å². The van der Waals surface area contributed by atoms with Gasteiger partial charge in [-0.15, -0.1) is 0 Å². The van der Waals surface area contributed by atoms with E-state index in [2.05, 4.69) is 43.1 Å². The molecule has 0 fully saturated rings. The molecule has 0 atom stereocenters. The Hall–Kier alpha value is -1.37. The van der Waals surface area contributed by atoms with Crippen LogP contribution in [0.3, 0.4) is 0 Å². The minimum absolute atomic E-state index is 1.08. The van der Waals surface area contributed by atoms with Crippen LogP contribution in [0.25, 0.3) is 10.9 Å². The fourth-order valence-corrected chi connectivity index (χ4v) is 1.78. The minimum Gasteiger partial charge on any atom is -0.256 e. The highest BCUT2D eigenvalue weighted by atomic mass is 14.6. The van der Waals surface area contributed by atoms with Gasteiger partial charge in [-0.25, -0.2) is 0 Å². The number of benzene rings is 1. The molecule has 72 valence electrons. The Kier molecular flexibility index (Phi) is 2.49. The SMILES string of the molecule is CCc1ccc2nccc(CC)c2c1. The average molecular weight is 185 g/mol. The lowest BCUT2D eigenvalue weighted by molar-refractivity contribution is 1.13. The van der Waals surface area contributed by atoms with E-state index in [1.54, 1.807) is 0 Å². The number of hydrogen-bond acceptors (Lipinski definition) is 1. The number of fused-ring (bicyclic) bond motifs is 1. The summed E-state index contributed by atoms with van der Waals surface area (Å²) in [4.78, 5) is 4.37. The number of rotatable bonds is 2. The summed E-state index contributed by atoms with van der Waals surface area (Å²) in [6, 6.07) is 8.66. The normalized spacial score (nSPS) is 10.7. The van der Waals surface area contributed by atoms with Crippen LogP contribution in [-0.4, -0.2) is 4.98 Å². The monoisotopic (exact) mass is 185 g/mol. The lowest BCUT2D eigenvalue weighted by Gasteiger charge is -2.04. The van der Waals surface area contributed by atoms with Crippen LogP contribution in [-0.2, 0) is 12.8 Å². The number of aromatic nitrogens is 1. The van der Waals surface area contributed by atoms with Crippen LogP contribution in [0.2, 0.25) is 0 Å². The average Bonchev–Trinajstić information content (AvgIpc) is 2.27. The lowest BCUT2D eigenvalue weighted by Crippen LogP contribution is -1.88. The molecule has 0 unspecified atom stereocenters. The maximum atomic E-state index is 4.37. The second kappa shape index (κ2) is 3.79. The van der Waals surface area contributed by atoms with E-state index in [4.69, 9.17) is 0 Å². The summed E-state index contributed by atoms with van der Waals surface area (Å²) >= 11 is 0. The Morgan fingerprint density at radius 1 is 1.07 bits per heavy atom. The molecule has 1 aromatic carbocycles. The summed E-state index contributed by atoms with van der Waals surface area (Å²) in [5.74, 6) is 0. The first-order chi connectivity index (χ1) is 6.85. The van der Waals surface area contributed by atoms with Gasteiger partial charge in [0.2, 0.25) is 0 Å². The highest BCUT2D eigenvalue weighted by Gasteiger charge is 2.00. The van der Waals surface area contributed by atoms with Gasteiger partial charge in [-0.05, 0) is 42.2 Å². The van der Waals surface area contributed by atoms with Crippen molar-refractivity contribution in [2.45, 2.75) is 26.7 Å². The van der Waals surface area contributed by atoms with Crippen LogP contribution in [0.1, 0.15) is 25.0 Å². The summed E-state index contributed by atoms with van der Waals surface area (Å²) in [6.07, 6.45) is 4.06. The zero-order valence-electron chi connectivity index (χ0n) is 8.75. The lowest BCUT2D eigenvalue weighted by atomic mass is 10.0. The smallest absolute Gasteiger partial charge is 0.0704 e. The molecule has 14 heavy (non-hydrogen) atoms. The van der Waals surface area contributed by atoms with E-state index in [0.29, 0.717) is 0 Å². The van der Waals surface area contributed by atoms with Crippen molar-refractivity contribution >= 4 is 10.9 Å². The first-order valence-corrected chi connectivity index (χ1v) is 5.21. The first kappa shape index (κ1) is 9.20. The Labute approximate surface area is 84.8 Å². The molecule has 0 N–H and O–H groups in total. The maximum absolute atomic E-state index is 4.37. The molecule has 0 aliphatic carbocycles. The maximum Gasteiger partial charge on any atom is 0.0704 e. The third kappa shape index (κ3) is 1.50. The van der Waals surface area contributed by atoms with Crippen LogP contribution in [0.15, 0.2) is 30.5 Å². The molecular formula is C13H15N. The minimum atomic E-state index is 1.08. The molecule has 0 aliphatic heterocycles. The van der Waals surface area contributed by atoms with E-state index in [-0.39, 0.29) is 0 Å². The topological polar surface area (TPSA) is 12.9 Å². The molecule has 2 rings (SSSR count). The van der Waals surface area contributed by atoms with Gasteiger partial charge in [0.05, 0.1) is 5.52 Å². The molecule has 0 bridgehead atoms. The highest BCUT2D eigenvalue weighted by Crippen LogP contribution is 2.19. The molecule has 1 aromatic heterocycles. The van der Waals surface area contributed by atoms with Gasteiger partial charge in [0.15, 0.2) is 0 Å². The number of hydrogen-bond donors (Lipinski definition) is 0. The van der Waals surface area contributed by atoms with Gasteiger partial charge in [-0.3, -0.25) is 4.98 Å². The van der Waals surface area contributed by atoms with E-state index in [1.165, 1.54) is 16.5 Å². The molecule has 1 nitrogen and oxygen atoms in total. The van der Waals surface area contributed by atoms with Crippen LogP contribution < -0.4 is 0 Å². The fourth-order valence-electron chi connectivity index (χ4n) is 1.78. The van der Waals surface area contributed by atoms with Gasteiger partial charge >= 0.3 is 0 Å². The van der Waals surface area contributed by atoms with Gasteiger partial charge in [0.25, 0.3) is 0 Å². The number of aryl methyl sites for hydroxylation is 2. The summed E-state index contributed by atoms with van der Waals surface area (Å²) in [7, 11) is 0. The fraction of sp³-hybridized carbons (Fsp3) is 0.308. The summed E-state index contributed by atoms with van der Waals surface area (Å²) in [5, 5.41) is 1.31. The van der Waals surface area contributed by atoms with E-state index < -0.39 is 0 Å². The van der Waals surface area contributed by atoms with Crippen molar-refractivity contribution in [2.24, 2.45) is 0 Å². The molecule has 2 aromatic rings. The predicted octanol–water partition coefficient (Wildman–Crippen LogP) is 3.36. The quantitative estimate of drug-likeness (QED) is 0.699. The van der Waals surface area contributed by atoms with Crippen molar-refractivity contribution in [3.63, 3.8) is 0 Å². The largest absolute Gasteiger partial charge is 0.256 e. The van der Waals surface area contributed by atoms with Crippen molar-refractivity contribution in [1.29, 1.82) is 0 Å². The Bertz CT molecular complexity index is 446. The predicted molar refractivity (Wildman–Crippen MR) is 60.5 cm³/mol. The number of nitrogens with zero attached hydrogens (tertiary/aromatic N) is 1. The third-order valence-electron chi connectivity index (χ3n) is 2.69. The van der Waals surface area contributed by atoms with Crippen molar-refractivity contribution < 1.29 is 0 Å². The first-order valence-electron chi connectivity index (χ1n) is 5.21. The number of pyridine rings is 1. The van der Waals surface area contributed by atoms with Crippen LogP contribution in [0.4, 0.5) is 0 Å². The molecule has 0 spiro atoms. The van der Waals surface area contributed by atoms with Crippen molar-refractivity contribution in [1.82, 2.24) is 4.98 Å². The van der Waals surface area contributed by atoms with E-state index in [1.807, 2.05) is 6.20 Å². The van der Waals surface area contributed by atoms with Crippen molar-refractivity contribution in [3.05, 3.63) is 41.6 Å². The van der Waals surface area contributed by atoms with Crippen molar-refractivity contribution in [2.75, 3.05) is 0 Å². The summed E-state index contributed by atoms with van der Waals surface area (Å²) in [5.41, 5.74) is 3.90. The Balaban J connectivity index is 2.70. The second-order valence-electron chi connectivity index (χ2n) is 3.53. The zero-order valence-corrected chi connectivity index (χ0v) is 8.75. The third-order valence-corrected chi connectivity index (χ3v) is 2.69. The summed E-state index contributed by atoms with van der Waals surface area (Å²) in [6.45, 7) is 4.37. The van der Waals surface area contributed by atoms with Gasteiger partial charge in [-0.1, -0.05) is 19.9 Å². The zero-order chi connectivity index (χ0) is 9.97. The Morgan fingerprint density at radius 2 is 1.93 bits per heavy atom. The molecule has 0 saturated heterocycles. The van der Waals surface area contributed by atoms with Gasteiger partial charge in [-0.2, -0.15) is 0 Å². The van der Waals surface area contributed by atoms with Crippen LogP contribution >= 0.6 is 0 Å². The Morgan fingerprint density at radius 3 is 2.64 bits per heavy atom. The van der Waals surface area contributed by atoms with E-state index >= 15 is 0 Å². The van der Waals surface area contributed by atoms with E-state index in [0.717, 1.165) is 18.4 Å². The molecule has 0 saturated carbocycles. The summed E-state index contributed by atoms with van der Waals surface area (Å²) < 4.78 is 0. The molecule has 1 heteroatoms. The van der Waals surface area contributed by atoms with Crippen LogP contribution in [0.5, 0.6) is 0 Å². The molecule has 0 radical (unpaired) electrons. The molecule has 0 aliphatic rings. The van der Waals surface area contributed by atoms with E-state index in [9.17, 15) is 0 Å². The highest BCUT2D eigenvalue weighted by molar-refractivity contribution is 5.82. The molecular weight excluding hydrogens is 170 g/mol. The standard InChI is InChI=1S/C13H15N/c1-3-10-5-6-13-12(9-10)11(4-2)7-8-14-13/h5-9H,3-4H2,1-2H3. The van der Waals surface area contributed by atoms with Crippen LogP contribution in [0, 0.1) is 0 Å². The molecule has 1 heterocycles.